The number of amidine groups is 1. The average molecular weight is 440 g/mol. The summed E-state index contributed by atoms with van der Waals surface area (Å²) in [7, 11) is 0. The fraction of sp³-hybridized carbons (Fsp3) is 0.115. The Balaban J connectivity index is 1.67. The van der Waals surface area contributed by atoms with Crippen molar-refractivity contribution in [1.29, 1.82) is 0 Å². The number of carboxylic acids is 1. The number of H-pyrrole nitrogens is 1. The Hall–Kier alpha value is -4.26. The zero-order valence-electron chi connectivity index (χ0n) is 17.6. The molecule has 33 heavy (non-hydrogen) atoms. The van der Waals surface area contributed by atoms with Gasteiger partial charge in [0.2, 0.25) is 0 Å². The van der Waals surface area contributed by atoms with Crippen LogP contribution in [0.15, 0.2) is 89.0 Å². The molecule has 1 aliphatic heterocycles. The molecular weight excluding hydrogens is 419 g/mol. The Kier molecular flexibility index (Phi) is 5.44. The fourth-order valence-corrected chi connectivity index (χ4v) is 4.12. The summed E-state index contributed by atoms with van der Waals surface area (Å²) in [6.07, 6.45) is 2.39. The SMILES string of the molecule is O=C(O)CN=C1Nc2ccccc2C(c2ccccc2F)=N[C@@H]1Cc1c[nH]c2ccccc12. The van der Waals surface area contributed by atoms with Gasteiger partial charge in [-0.25, -0.2) is 4.39 Å². The van der Waals surface area contributed by atoms with E-state index in [2.05, 4.69) is 15.3 Å². The summed E-state index contributed by atoms with van der Waals surface area (Å²) in [4.78, 5) is 23.8. The molecule has 0 amide bonds. The normalized spacial score (nSPS) is 16.7. The number of benzene rings is 3. The van der Waals surface area contributed by atoms with Gasteiger partial charge in [0.25, 0.3) is 0 Å². The molecule has 1 aliphatic rings. The van der Waals surface area contributed by atoms with Gasteiger partial charge >= 0.3 is 5.97 Å². The molecule has 0 spiro atoms. The minimum absolute atomic E-state index is 0.372. The van der Waals surface area contributed by atoms with Crippen molar-refractivity contribution in [1.82, 2.24) is 4.98 Å². The molecule has 3 N–H and O–H groups in total. The second-order valence-electron chi connectivity index (χ2n) is 7.80. The first-order chi connectivity index (χ1) is 16.1. The van der Waals surface area contributed by atoms with Gasteiger partial charge < -0.3 is 15.4 Å². The van der Waals surface area contributed by atoms with E-state index in [1.165, 1.54) is 6.07 Å². The number of fused-ring (bicyclic) bond motifs is 2. The van der Waals surface area contributed by atoms with Crippen molar-refractivity contribution in [2.75, 3.05) is 11.9 Å². The largest absolute Gasteiger partial charge is 0.480 e. The highest BCUT2D eigenvalue weighted by Gasteiger charge is 2.26. The molecule has 1 aromatic heterocycles. The second-order valence-corrected chi connectivity index (χ2v) is 7.80. The standard InChI is InChI=1S/C26H21FN4O2/c27-20-10-4-1-8-18(20)25-19-9-3-6-12-22(19)31-26(29-15-24(32)33)23(30-25)13-16-14-28-21-11-5-2-7-17(16)21/h1-12,14,23,28H,13,15H2,(H,29,31)(H,32,33)/t23-/m1/s1. The van der Waals surface area contributed by atoms with Gasteiger partial charge in [0.1, 0.15) is 24.2 Å². The number of aromatic amines is 1. The smallest absolute Gasteiger partial charge is 0.325 e. The third-order valence-electron chi connectivity index (χ3n) is 5.65. The Morgan fingerprint density at radius 1 is 1.00 bits per heavy atom. The molecule has 2 heterocycles. The minimum atomic E-state index is -1.04. The number of carbonyl (C=O) groups is 1. The van der Waals surface area contributed by atoms with Crippen molar-refractivity contribution < 1.29 is 14.3 Å². The van der Waals surface area contributed by atoms with E-state index >= 15 is 0 Å². The maximum atomic E-state index is 14.9. The Labute approximate surface area is 189 Å². The lowest BCUT2D eigenvalue weighted by Crippen LogP contribution is -2.29. The van der Waals surface area contributed by atoms with Gasteiger partial charge in [-0.2, -0.15) is 0 Å². The van der Waals surface area contributed by atoms with E-state index in [4.69, 9.17) is 4.99 Å². The van der Waals surface area contributed by atoms with Gasteiger partial charge in [0, 0.05) is 40.3 Å². The maximum Gasteiger partial charge on any atom is 0.325 e. The molecule has 164 valence electrons. The highest BCUT2D eigenvalue weighted by molar-refractivity contribution is 6.20. The molecule has 0 fully saturated rings. The number of aliphatic imine (C=N–C) groups is 2. The predicted molar refractivity (Wildman–Crippen MR) is 128 cm³/mol. The monoisotopic (exact) mass is 440 g/mol. The summed E-state index contributed by atoms with van der Waals surface area (Å²) in [5.74, 6) is -0.977. The van der Waals surface area contributed by atoms with Gasteiger partial charge in [-0.15, -0.1) is 0 Å². The van der Waals surface area contributed by atoms with Crippen LogP contribution in [-0.4, -0.2) is 40.2 Å². The quantitative estimate of drug-likeness (QED) is 0.421. The zero-order chi connectivity index (χ0) is 22.8. The van der Waals surface area contributed by atoms with Crippen molar-refractivity contribution >= 4 is 34.1 Å². The highest BCUT2D eigenvalue weighted by Crippen LogP contribution is 2.28. The Bertz CT molecular complexity index is 1410. The predicted octanol–water partition coefficient (Wildman–Crippen LogP) is 4.66. The number of benzodiazepines with no additional fused rings is 1. The number of nitrogens with zero attached hydrogens (tertiary/aromatic N) is 2. The molecule has 0 saturated heterocycles. The summed E-state index contributed by atoms with van der Waals surface area (Å²) >= 11 is 0. The van der Waals surface area contributed by atoms with Gasteiger partial charge in [-0.1, -0.05) is 48.5 Å². The van der Waals surface area contributed by atoms with E-state index in [1.807, 2.05) is 54.7 Å². The molecular formula is C26H21FN4O2. The maximum absolute atomic E-state index is 14.9. The third kappa shape index (κ3) is 4.13. The highest BCUT2D eigenvalue weighted by atomic mass is 19.1. The van der Waals surface area contributed by atoms with Gasteiger partial charge in [-0.05, 0) is 29.8 Å². The van der Waals surface area contributed by atoms with Crippen LogP contribution < -0.4 is 5.32 Å². The van der Waals surface area contributed by atoms with Gasteiger partial charge in [0.15, 0.2) is 0 Å². The number of rotatable bonds is 5. The van der Waals surface area contributed by atoms with E-state index in [-0.39, 0.29) is 12.4 Å². The van der Waals surface area contributed by atoms with Gasteiger partial charge in [0.05, 0.1) is 5.71 Å². The molecule has 0 unspecified atom stereocenters. The van der Waals surface area contributed by atoms with Crippen LogP contribution in [0.3, 0.4) is 0 Å². The molecule has 0 saturated carbocycles. The number of anilines is 1. The molecule has 0 bridgehead atoms. The first-order valence-corrected chi connectivity index (χ1v) is 10.6. The second kappa shape index (κ2) is 8.70. The van der Waals surface area contributed by atoms with Crippen LogP contribution in [0.25, 0.3) is 10.9 Å². The molecule has 3 aromatic carbocycles. The van der Waals surface area contributed by atoms with Crippen LogP contribution in [0.2, 0.25) is 0 Å². The number of para-hydroxylation sites is 2. The Morgan fingerprint density at radius 3 is 2.55 bits per heavy atom. The van der Waals surface area contributed by atoms with E-state index in [9.17, 15) is 14.3 Å². The molecule has 6 nitrogen and oxygen atoms in total. The lowest BCUT2D eigenvalue weighted by molar-refractivity contribution is -0.135. The Morgan fingerprint density at radius 2 is 1.73 bits per heavy atom. The van der Waals surface area contributed by atoms with E-state index < -0.39 is 12.0 Å². The van der Waals surface area contributed by atoms with Crippen molar-refractivity contribution in [3.63, 3.8) is 0 Å². The van der Waals surface area contributed by atoms with E-state index in [0.717, 1.165) is 22.0 Å². The summed E-state index contributed by atoms with van der Waals surface area (Å²) in [5.41, 5.74) is 4.33. The summed E-state index contributed by atoms with van der Waals surface area (Å²) < 4.78 is 14.9. The van der Waals surface area contributed by atoms with Crippen molar-refractivity contribution in [2.24, 2.45) is 9.98 Å². The molecule has 7 heteroatoms. The van der Waals surface area contributed by atoms with Crippen LogP contribution in [-0.2, 0) is 11.2 Å². The van der Waals surface area contributed by atoms with Crippen molar-refractivity contribution in [3.8, 4) is 0 Å². The van der Waals surface area contributed by atoms with E-state index in [1.54, 1.807) is 18.2 Å². The van der Waals surface area contributed by atoms with E-state index in [0.29, 0.717) is 29.2 Å². The van der Waals surface area contributed by atoms with Crippen LogP contribution in [0.4, 0.5) is 10.1 Å². The fourth-order valence-electron chi connectivity index (χ4n) is 4.12. The number of hydrogen-bond acceptors (Lipinski definition) is 3. The average Bonchev–Trinajstić information content (AvgIpc) is 3.16. The first kappa shape index (κ1) is 20.6. The molecule has 0 aliphatic carbocycles. The number of carboxylic acid groups (broad SMARTS) is 1. The minimum Gasteiger partial charge on any atom is -0.480 e. The molecule has 1 atom stereocenters. The van der Waals surface area contributed by atoms with Crippen LogP contribution in [0, 0.1) is 5.82 Å². The first-order valence-electron chi connectivity index (χ1n) is 10.6. The van der Waals surface area contributed by atoms with Crippen molar-refractivity contribution in [3.05, 3.63) is 102 Å². The summed E-state index contributed by atoms with van der Waals surface area (Å²) in [6.45, 7) is -0.389. The zero-order valence-corrected chi connectivity index (χ0v) is 17.6. The van der Waals surface area contributed by atoms with Crippen LogP contribution in [0.1, 0.15) is 16.7 Å². The number of aromatic nitrogens is 1. The van der Waals surface area contributed by atoms with Crippen LogP contribution in [0.5, 0.6) is 0 Å². The number of aliphatic carboxylic acids is 1. The molecule has 4 aromatic rings. The lowest BCUT2D eigenvalue weighted by atomic mass is 10.00. The number of nitrogens with one attached hydrogen (secondary N) is 2. The number of halogens is 1. The molecule has 0 radical (unpaired) electrons. The van der Waals surface area contributed by atoms with Crippen LogP contribution >= 0.6 is 0 Å². The third-order valence-corrected chi connectivity index (χ3v) is 5.65. The van der Waals surface area contributed by atoms with Gasteiger partial charge in [-0.3, -0.25) is 14.8 Å². The topological polar surface area (TPSA) is 89.8 Å². The summed E-state index contributed by atoms with van der Waals surface area (Å²) in [6, 6.07) is 21.4. The number of hydrogen-bond donors (Lipinski definition) is 3. The molecule has 5 rings (SSSR count). The van der Waals surface area contributed by atoms with Crippen molar-refractivity contribution in [2.45, 2.75) is 12.5 Å². The summed E-state index contributed by atoms with van der Waals surface area (Å²) in [5, 5.41) is 13.6. The lowest BCUT2D eigenvalue weighted by Gasteiger charge is -2.15.